The van der Waals surface area contributed by atoms with Gasteiger partial charge in [-0.1, -0.05) is 19.1 Å². The lowest BCUT2D eigenvalue weighted by Gasteiger charge is -2.22. The number of ether oxygens (including phenoxy) is 2. The Morgan fingerprint density at radius 1 is 1.08 bits per heavy atom. The minimum atomic E-state index is -0.0127. The molecule has 132 valence electrons. The van der Waals surface area contributed by atoms with E-state index in [9.17, 15) is 4.79 Å². The quantitative estimate of drug-likeness (QED) is 0.769. The maximum atomic E-state index is 12.7. The molecule has 2 aromatic rings. The summed E-state index contributed by atoms with van der Waals surface area (Å²) in [5.74, 6) is 2.51. The lowest BCUT2D eigenvalue weighted by Crippen LogP contribution is -2.35. The molecule has 5 heteroatoms. The van der Waals surface area contributed by atoms with Crippen LogP contribution in [0.4, 0.5) is 5.69 Å². The van der Waals surface area contributed by atoms with Crippen molar-refractivity contribution in [2.45, 2.75) is 24.7 Å². The number of carbonyl (C=O) groups excluding carboxylic acids is 1. The van der Waals surface area contributed by atoms with Crippen LogP contribution in [0.1, 0.15) is 19.8 Å². The molecule has 2 aromatic carbocycles. The van der Waals surface area contributed by atoms with Crippen LogP contribution < -0.4 is 14.4 Å². The fourth-order valence-corrected chi connectivity index (χ4v) is 3.66. The monoisotopic (exact) mass is 357 g/mol. The van der Waals surface area contributed by atoms with Crippen LogP contribution in [0.5, 0.6) is 11.5 Å². The van der Waals surface area contributed by atoms with Crippen LogP contribution in [0.3, 0.4) is 0 Å². The molecule has 1 amide bonds. The van der Waals surface area contributed by atoms with Gasteiger partial charge < -0.3 is 14.4 Å². The molecule has 0 bridgehead atoms. The average molecular weight is 357 g/mol. The normalized spacial score (nSPS) is 13.7. The summed E-state index contributed by atoms with van der Waals surface area (Å²) in [5.41, 5.74) is 0.988. The van der Waals surface area contributed by atoms with Crippen LogP contribution in [0.15, 0.2) is 53.4 Å². The van der Waals surface area contributed by atoms with Crippen molar-refractivity contribution in [1.82, 2.24) is 0 Å². The number of benzene rings is 2. The number of para-hydroxylation sites is 1. The number of fused-ring (bicyclic) bond motifs is 1. The van der Waals surface area contributed by atoms with E-state index in [0.29, 0.717) is 12.4 Å². The maximum Gasteiger partial charge on any atom is 0.264 e. The van der Waals surface area contributed by atoms with Crippen LogP contribution in [0, 0.1) is 0 Å². The Bertz CT molecular complexity index is 702. The molecule has 25 heavy (non-hydrogen) atoms. The second kappa shape index (κ2) is 8.81. The van der Waals surface area contributed by atoms with Gasteiger partial charge in [0.1, 0.15) is 11.5 Å². The molecule has 0 atom stereocenters. The fourth-order valence-electron chi connectivity index (χ4n) is 2.66. The summed E-state index contributed by atoms with van der Waals surface area (Å²) in [6.07, 6.45) is 1.96. The predicted octanol–water partition coefficient (Wildman–Crippen LogP) is 4.38. The second-order valence-electron chi connectivity index (χ2n) is 5.82. The molecule has 0 aliphatic carbocycles. The van der Waals surface area contributed by atoms with Gasteiger partial charge >= 0.3 is 0 Å². The molecule has 0 radical (unpaired) electrons. The van der Waals surface area contributed by atoms with Crippen molar-refractivity contribution in [1.29, 1.82) is 0 Å². The third-order valence-corrected chi connectivity index (χ3v) is 5.05. The highest BCUT2D eigenvalue weighted by atomic mass is 32.2. The van der Waals surface area contributed by atoms with Gasteiger partial charge in [-0.2, -0.15) is 0 Å². The van der Waals surface area contributed by atoms with E-state index >= 15 is 0 Å². The predicted molar refractivity (Wildman–Crippen MR) is 102 cm³/mol. The third-order valence-electron chi connectivity index (χ3n) is 3.90. The second-order valence-corrected chi connectivity index (χ2v) is 6.96. The smallest absolute Gasteiger partial charge is 0.264 e. The summed E-state index contributed by atoms with van der Waals surface area (Å²) in [4.78, 5) is 15.7. The topological polar surface area (TPSA) is 38.8 Å². The van der Waals surface area contributed by atoms with Gasteiger partial charge in [0.25, 0.3) is 5.91 Å². The lowest BCUT2D eigenvalue weighted by atomic mass is 10.2. The zero-order chi connectivity index (χ0) is 17.5. The molecule has 4 nitrogen and oxygen atoms in total. The molecule has 1 aliphatic rings. The van der Waals surface area contributed by atoms with Gasteiger partial charge in [0.2, 0.25) is 0 Å². The number of amides is 1. The summed E-state index contributed by atoms with van der Waals surface area (Å²) < 4.78 is 11.2. The van der Waals surface area contributed by atoms with E-state index in [2.05, 4.69) is 13.0 Å². The zero-order valence-electron chi connectivity index (χ0n) is 14.4. The first kappa shape index (κ1) is 17.7. The molecule has 1 heterocycles. The SMILES string of the molecule is CCCOc1ccc(OCC(=O)N2CCCSc3ccccc32)cc1. The molecule has 0 spiro atoms. The maximum absolute atomic E-state index is 12.7. The van der Waals surface area contributed by atoms with Crippen molar-refractivity contribution in [2.24, 2.45) is 0 Å². The molecular formula is C20H23NO3S. The van der Waals surface area contributed by atoms with Gasteiger partial charge in [-0.15, -0.1) is 11.8 Å². The van der Waals surface area contributed by atoms with Gasteiger partial charge in [0.05, 0.1) is 12.3 Å². The summed E-state index contributed by atoms with van der Waals surface area (Å²) in [5, 5.41) is 0. The number of rotatable bonds is 6. The molecule has 3 rings (SSSR count). The highest BCUT2D eigenvalue weighted by molar-refractivity contribution is 7.99. The van der Waals surface area contributed by atoms with Gasteiger partial charge in [0.15, 0.2) is 6.61 Å². The van der Waals surface area contributed by atoms with Crippen LogP contribution >= 0.6 is 11.8 Å². The minimum absolute atomic E-state index is 0.0127. The van der Waals surface area contributed by atoms with E-state index in [1.165, 1.54) is 0 Å². The Balaban J connectivity index is 1.61. The largest absolute Gasteiger partial charge is 0.494 e. The molecule has 0 aromatic heterocycles. The Morgan fingerprint density at radius 3 is 2.56 bits per heavy atom. The molecule has 0 fully saturated rings. The van der Waals surface area contributed by atoms with Gasteiger partial charge in [-0.3, -0.25) is 4.79 Å². The Kier molecular flexibility index (Phi) is 6.23. The van der Waals surface area contributed by atoms with Crippen molar-refractivity contribution in [2.75, 3.05) is 30.4 Å². The number of hydrogen-bond donors (Lipinski definition) is 0. The van der Waals surface area contributed by atoms with E-state index in [-0.39, 0.29) is 12.5 Å². The molecule has 1 aliphatic heterocycles. The van der Waals surface area contributed by atoms with Gasteiger partial charge in [-0.05, 0) is 55.0 Å². The Morgan fingerprint density at radius 2 is 1.80 bits per heavy atom. The number of nitrogens with zero attached hydrogens (tertiary/aromatic N) is 1. The van der Waals surface area contributed by atoms with E-state index in [0.717, 1.165) is 41.5 Å². The molecule has 0 saturated heterocycles. The summed E-state index contributed by atoms with van der Waals surface area (Å²) in [6, 6.07) is 15.5. The van der Waals surface area contributed by atoms with E-state index in [4.69, 9.17) is 9.47 Å². The first-order valence-electron chi connectivity index (χ1n) is 8.66. The average Bonchev–Trinajstić information content (AvgIpc) is 2.88. The van der Waals surface area contributed by atoms with Crippen LogP contribution in [-0.2, 0) is 4.79 Å². The van der Waals surface area contributed by atoms with Crippen molar-refractivity contribution >= 4 is 23.4 Å². The zero-order valence-corrected chi connectivity index (χ0v) is 15.3. The summed E-state index contributed by atoms with van der Waals surface area (Å²) in [6.45, 7) is 3.54. The van der Waals surface area contributed by atoms with E-state index in [1.807, 2.05) is 47.4 Å². The van der Waals surface area contributed by atoms with Crippen molar-refractivity contribution in [3.05, 3.63) is 48.5 Å². The van der Waals surface area contributed by atoms with Gasteiger partial charge in [-0.25, -0.2) is 0 Å². The van der Waals surface area contributed by atoms with Crippen molar-refractivity contribution < 1.29 is 14.3 Å². The number of anilines is 1. The van der Waals surface area contributed by atoms with Crippen molar-refractivity contribution in [3.8, 4) is 11.5 Å². The summed E-state index contributed by atoms with van der Waals surface area (Å²) in [7, 11) is 0. The van der Waals surface area contributed by atoms with Crippen molar-refractivity contribution in [3.63, 3.8) is 0 Å². The number of thioether (sulfide) groups is 1. The fraction of sp³-hybridized carbons (Fsp3) is 0.350. The van der Waals surface area contributed by atoms with Gasteiger partial charge in [0, 0.05) is 11.4 Å². The Labute approximate surface area is 153 Å². The van der Waals surface area contributed by atoms with E-state index < -0.39 is 0 Å². The molecule has 0 N–H and O–H groups in total. The third kappa shape index (κ3) is 4.69. The first-order valence-corrected chi connectivity index (χ1v) is 9.64. The lowest BCUT2D eigenvalue weighted by molar-refractivity contribution is -0.120. The molecule has 0 unspecified atom stereocenters. The van der Waals surface area contributed by atoms with Crippen LogP contribution in [0.25, 0.3) is 0 Å². The highest BCUT2D eigenvalue weighted by Gasteiger charge is 2.21. The van der Waals surface area contributed by atoms with Crippen LogP contribution in [0.2, 0.25) is 0 Å². The highest BCUT2D eigenvalue weighted by Crippen LogP contribution is 2.33. The Hall–Kier alpha value is -2.14. The summed E-state index contributed by atoms with van der Waals surface area (Å²) >= 11 is 1.80. The minimum Gasteiger partial charge on any atom is -0.494 e. The number of hydrogen-bond acceptors (Lipinski definition) is 4. The van der Waals surface area contributed by atoms with Crippen LogP contribution in [-0.4, -0.2) is 31.4 Å². The molecular weight excluding hydrogens is 334 g/mol. The standard InChI is InChI=1S/C20H23NO3S/c1-2-13-23-16-8-10-17(11-9-16)24-15-20(22)21-12-5-14-25-19-7-4-3-6-18(19)21/h3-4,6-11H,2,5,12-15H2,1H3. The molecule has 0 saturated carbocycles. The van der Waals surface area contributed by atoms with E-state index in [1.54, 1.807) is 11.8 Å². The number of carbonyl (C=O) groups is 1. The first-order chi connectivity index (χ1) is 12.3.